The van der Waals surface area contributed by atoms with Gasteiger partial charge in [-0.3, -0.25) is 14.6 Å². The zero-order valence-corrected chi connectivity index (χ0v) is 22.0. The Morgan fingerprint density at radius 2 is 1.73 bits per heavy atom. The van der Waals surface area contributed by atoms with Crippen LogP contribution in [0.1, 0.15) is 39.9 Å². The van der Waals surface area contributed by atoms with Crippen molar-refractivity contribution in [3.05, 3.63) is 87.4 Å². The van der Waals surface area contributed by atoms with Crippen LogP contribution in [0.25, 0.3) is 0 Å². The molecule has 0 spiro atoms. The maximum absolute atomic E-state index is 13.9. The Balaban J connectivity index is 1.10. The molecule has 1 aliphatic rings. The van der Waals surface area contributed by atoms with Crippen LogP contribution in [0.4, 0.5) is 24.8 Å². The van der Waals surface area contributed by atoms with E-state index in [1.54, 1.807) is 24.5 Å². The van der Waals surface area contributed by atoms with Gasteiger partial charge in [-0.05, 0) is 48.7 Å². The first kappa shape index (κ1) is 27.3. The zero-order valence-electron chi connectivity index (χ0n) is 21.2. The van der Waals surface area contributed by atoms with Crippen molar-refractivity contribution in [3.8, 4) is 0 Å². The van der Waals surface area contributed by atoms with Crippen LogP contribution in [0.15, 0.2) is 48.8 Å². The van der Waals surface area contributed by atoms with Crippen LogP contribution in [-0.4, -0.2) is 50.2 Å². The van der Waals surface area contributed by atoms with Gasteiger partial charge in [0.1, 0.15) is 21.6 Å². The van der Waals surface area contributed by atoms with E-state index in [0.717, 1.165) is 29.5 Å². The van der Waals surface area contributed by atoms with Crippen LogP contribution in [0.2, 0.25) is 0 Å². The lowest BCUT2D eigenvalue weighted by atomic mass is 9.98. The molecule has 13 heteroatoms. The highest BCUT2D eigenvalue weighted by molar-refractivity contribution is 7.11. The van der Waals surface area contributed by atoms with Gasteiger partial charge in [-0.15, -0.1) is 31.7 Å². The number of ketones is 1. The molecular weight excluding hydrogens is 543 g/mol. The number of amides is 1. The number of pyridine rings is 1. The quantitative estimate of drug-likeness (QED) is 0.301. The van der Waals surface area contributed by atoms with Gasteiger partial charge in [-0.25, -0.2) is 13.2 Å². The Bertz CT molecular complexity index is 1490. The number of hydrogen-bond donors (Lipinski definition) is 1. The third-order valence-electron chi connectivity index (χ3n) is 6.52. The van der Waals surface area contributed by atoms with Crippen LogP contribution < -0.4 is 10.2 Å². The van der Waals surface area contributed by atoms with Gasteiger partial charge in [0.25, 0.3) is 0 Å². The molecule has 1 aromatic carbocycles. The highest BCUT2D eigenvalue weighted by Crippen LogP contribution is 2.32. The van der Waals surface area contributed by atoms with Crippen molar-refractivity contribution in [1.29, 1.82) is 0 Å². The Labute approximate surface area is 231 Å². The maximum Gasteiger partial charge on any atom is 0.230 e. The summed E-state index contributed by atoms with van der Waals surface area (Å²) in [6, 6.07) is 8.62. The number of piperidine rings is 1. The number of rotatable bonds is 9. The fraction of sp³-hybridized carbons (Fsp3) is 0.296. The van der Waals surface area contributed by atoms with E-state index in [1.807, 2.05) is 12.1 Å². The minimum atomic E-state index is -1.34. The highest BCUT2D eigenvalue weighted by atomic mass is 32.1. The van der Waals surface area contributed by atoms with Crippen LogP contribution >= 0.6 is 11.3 Å². The average Bonchev–Trinajstić information content (AvgIpc) is 3.42. The topological polar surface area (TPSA) is 114 Å². The van der Waals surface area contributed by atoms with E-state index in [2.05, 4.69) is 35.6 Å². The summed E-state index contributed by atoms with van der Waals surface area (Å²) in [5.41, 5.74) is 0.224. The summed E-state index contributed by atoms with van der Waals surface area (Å²) in [5, 5.41) is 20.7. The molecule has 4 heterocycles. The lowest BCUT2D eigenvalue weighted by Gasteiger charge is -2.31. The number of nitrogens with zero attached hydrogens (tertiary/aromatic N) is 6. The van der Waals surface area contributed by atoms with Gasteiger partial charge in [0, 0.05) is 43.4 Å². The fourth-order valence-corrected chi connectivity index (χ4v) is 5.49. The molecule has 0 unspecified atom stereocenters. The first-order valence-corrected chi connectivity index (χ1v) is 13.4. The molecule has 1 aliphatic heterocycles. The molecule has 40 heavy (non-hydrogen) atoms. The van der Waals surface area contributed by atoms with Crippen molar-refractivity contribution in [3.63, 3.8) is 0 Å². The molecule has 1 N–H and O–H groups in total. The lowest BCUT2D eigenvalue weighted by molar-refractivity contribution is -0.118. The summed E-state index contributed by atoms with van der Waals surface area (Å²) >= 11 is 1.30. The number of nitrogens with one attached hydrogen (secondary N) is 1. The summed E-state index contributed by atoms with van der Waals surface area (Å²) in [7, 11) is 0. The first-order chi connectivity index (χ1) is 19.4. The monoisotopic (exact) mass is 567 g/mol. The minimum Gasteiger partial charge on any atom is -0.355 e. The van der Waals surface area contributed by atoms with Crippen LogP contribution in [0.5, 0.6) is 0 Å². The number of aromatic nitrogens is 5. The number of benzene rings is 1. The molecule has 9 nitrogen and oxygen atoms in total. The third-order valence-corrected chi connectivity index (χ3v) is 7.60. The highest BCUT2D eigenvalue weighted by Gasteiger charge is 2.25. The van der Waals surface area contributed by atoms with Crippen LogP contribution in [0, 0.1) is 17.5 Å². The van der Waals surface area contributed by atoms with Crippen molar-refractivity contribution >= 4 is 34.7 Å². The molecule has 0 radical (unpaired) electrons. The molecule has 206 valence electrons. The van der Waals surface area contributed by atoms with Crippen molar-refractivity contribution in [2.75, 3.05) is 23.3 Å². The standard InChI is InChI=1S/C27H24F3N7O2S/c28-20-3-4-21(29)26(30)19(20)13-18(38)14-25-35-36-27(40-25)17-7-10-37(11-8-17)23-6-5-22(33-34-23)32-24(39)12-16-2-1-9-31-15-16/h1-6,9,15,17H,7-8,10-14H2,(H,32,33,39). The van der Waals surface area contributed by atoms with Gasteiger partial charge in [0.2, 0.25) is 5.91 Å². The third kappa shape index (κ3) is 6.65. The molecule has 1 saturated heterocycles. The maximum atomic E-state index is 13.9. The number of anilines is 2. The summed E-state index contributed by atoms with van der Waals surface area (Å²) in [4.78, 5) is 30.7. The summed E-state index contributed by atoms with van der Waals surface area (Å²) in [6.45, 7) is 1.41. The summed E-state index contributed by atoms with van der Waals surface area (Å²) in [5.74, 6) is -2.97. The van der Waals surface area contributed by atoms with Crippen molar-refractivity contribution in [1.82, 2.24) is 25.4 Å². The Morgan fingerprint density at radius 3 is 2.45 bits per heavy atom. The van der Waals surface area contributed by atoms with E-state index < -0.39 is 35.2 Å². The molecule has 4 aromatic rings. The second-order valence-corrected chi connectivity index (χ2v) is 10.5. The second-order valence-electron chi connectivity index (χ2n) is 9.37. The van der Waals surface area contributed by atoms with E-state index >= 15 is 0 Å². The molecule has 0 aliphatic carbocycles. The van der Waals surface area contributed by atoms with Crippen LogP contribution in [-0.2, 0) is 28.9 Å². The van der Waals surface area contributed by atoms with E-state index in [9.17, 15) is 22.8 Å². The number of carbonyl (C=O) groups excluding carboxylic acids is 2. The average molecular weight is 568 g/mol. The van der Waals surface area contributed by atoms with E-state index in [1.165, 1.54) is 11.3 Å². The van der Waals surface area contributed by atoms with Gasteiger partial charge in [-0.2, -0.15) is 0 Å². The molecule has 0 saturated carbocycles. The van der Waals surface area contributed by atoms with Gasteiger partial charge >= 0.3 is 0 Å². The summed E-state index contributed by atoms with van der Waals surface area (Å²) < 4.78 is 41.2. The largest absolute Gasteiger partial charge is 0.355 e. The van der Waals surface area contributed by atoms with Gasteiger partial charge in [0.15, 0.2) is 23.3 Å². The number of hydrogen-bond acceptors (Lipinski definition) is 9. The number of carbonyl (C=O) groups is 2. The van der Waals surface area contributed by atoms with E-state index in [-0.39, 0.29) is 24.7 Å². The summed E-state index contributed by atoms with van der Waals surface area (Å²) in [6.07, 6.45) is 4.36. The Hall–Kier alpha value is -4.26. The molecule has 1 amide bonds. The Kier molecular flexibility index (Phi) is 8.39. The predicted molar refractivity (Wildman–Crippen MR) is 141 cm³/mol. The van der Waals surface area contributed by atoms with E-state index in [4.69, 9.17) is 0 Å². The number of halogens is 3. The normalized spacial score (nSPS) is 13.8. The second kappa shape index (κ2) is 12.3. The SMILES string of the molecule is O=C(Cc1nnc(C2CCN(c3ccc(NC(=O)Cc4cccnc4)nn3)CC2)s1)Cc1c(F)ccc(F)c1F. The van der Waals surface area contributed by atoms with Crippen LogP contribution in [0.3, 0.4) is 0 Å². The molecular formula is C27H24F3N7O2S. The van der Waals surface area contributed by atoms with Gasteiger partial charge < -0.3 is 10.2 Å². The van der Waals surface area contributed by atoms with Gasteiger partial charge in [0.05, 0.1) is 12.8 Å². The van der Waals surface area contributed by atoms with Gasteiger partial charge in [-0.1, -0.05) is 6.07 Å². The molecule has 1 fully saturated rings. The zero-order chi connectivity index (χ0) is 28.1. The lowest BCUT2D eigenvalue weighted by Crippen LogP contribution is -2.33. The molecule has 0 atom stereocenters. The molecule has 3 aromatic heterocycles. The Morgan fingerprint density at radius 1 is 0.925 bits per heavy atom. The smallest absolute Gasteiger partial charge is 0.230 e. The van der Waals surface area contributed by atoms with E-state index in [0.29, 0.717) is 35.8 Å². The first-order valence-electron chi connectivity index (χ1n) is 12.6. The fourth-order valence-electron chi connectivity index (χ4n) is 4.45. The molecule has 0 bridgehead atoms. The van der Waals surface area contributed by atoms with Crippen molar-refractivity contribution < 1.29 is 22.8 Å². The number of Topliss-reactive ketones (excluding diaryl/α,β-unsaturated/α-hetero) is 1. The molecule has 5 rings (SSSR count). The van der Waals surface area contributed by atoms with Crippen molar-refractivity contribution in [2.45, 2.75) is 38.0 Å². The predicted octanol–water partition coefficient (Wildman–Crippen LogP) is 4.06. The minimum absolute atomic E-state index is 0.132. The van der Waals surface area contributed by atoms with Crippen molar-refractivity contribution in [2.24, 2.45) is 0 Å².